The summed E-state index contributed by atoms with van der Waals surface area (Å²) >= 11 is 0. The highest BCUT2D eigenvalue weighted by Gasteiger charge is 2.11. The molecule has 4 nitrogen and oxygen atoms in total. The smallest absolute Gasteiger partial charge is 0.248 e. The molecule has 0 bridgehead atoms. The third kappa shape index (κ3) is 2.94. The fourth-order valence-electron chi connectivity index (χ4n) is 3.23. The average Bonchev–Trinajstić information content (AvgIpc) is 3.10. The van der Waals surface area contributed by atoms with Crippen LogP contribution in [-0.2, 0) is 0 Å². The maximum Gasteiger partial charge on any atom is 0.248 e. The molecule has 0 aliphatic carbocycles. The van der Waals surface area contributed by atoms with Crippen LogP contribution in [0.25, 0.3) is 33.3 Å². The minimum absolute atomic E-state index is 0.0617. The Labute approximate surface area is 151 Å². The van der Waals surface area contributed by atoms with Gasteiger partial charge >= 0.3 is 0 Å². The Morgan fingerprint density at radius 2 is 1.77 bits per heavy atom. The van der Waals surface area contributed by atoms with Gasteiger partial charge in [0.05, 0.1) is 11.2 Å². The zero-order valence-corrected chi connectivity index (χ0v) is 14.9. The van der Waals surface area contributed by atoms with Crippen LogP contribution in [0.15, 0.2) is 65.5 Å². The third-order valence-corrected chi connectivity index (χ3v) is 4.95. The topological polar surface area (TPSA) is 61.5 Å². The van der Waals surface area contributed by atoms with E-state index in [4.69, 9.17) is 0 Å². The van der Waals surface area contributed by atoms with Crippen molar-refractivity contribution in [3.8, 4) is 22.4 Å². The van der Waals surface area contributed by atoms with E-state index in [0.29, 0.717) is 5.92 Å². The number of pyridine rings is 1. The predicted octanol–water partition coefficient (Wildman–Crippen LogP) is 5.10. The Bertz CT molecular complexity index is 1110. The van der Waals surface area contributed by atoms with E-state index in [2.05, 4.69) is 53.3 Å². The van der Waals surface area contributed by atoms with Crippen LogP contribution in [0.5, 0.6) is 0 Å². The number of benzene rings is 2. The molecule has 130 valence electrons. The highest BCUT2D eigenvalue weighted by molar-refractivity contribution is 5.95. The van der Waals surface area contributed by atoms with Gasteiger partial charge in [0.15, 0.2) is 0 Å². The first-order valence-corrected chi connectivity index (χ1v) is 8.94. The van der Waals surface area contributed by atoms with Crippen molar-refractivity contribution in [1.82, 2.24) is 15.2 Å². The van der Waals surface area contributed by atoms with E-state index in [1.54, 1.807) is 6.07 Å². The zero-order valence-electron chi connectivity index (χ0n) is 14.9. The molecule has 0 amide bonds. The van der Waals surface area contributed by atoms with Gasteiger partial charge in [0, 0.05) is 22.7 Å². The molecule has 2 aromatic carbocycles. The van der Waals surface area contributed by atoms with Gasteiger partial charge in [0.2, 0.25) is 5.56 Å². The second kappa shape index (κ2) is 6.64. The van der Waals surface area contributed by atoms with Crippen molar-refractivity contribution < 1.29 is 0 Å². The average molecular weight is 343 g/mol. The van der Waals surface area contributed by atoms with Crippen molar-refractivity contribution >= 4 is 10.9 Å². The van der Waals surface area contributed by atoms with Gasteiger partial charge < -0.3 is 4.98 Å². The number of H-pyrrole nitrogens is 2. The number of fused-ring (bicyclic) bond motifs is 1. The van der Waals surface area contributed by atoms with E-state index in [1.165, 1.54) is 0 Å². The number of rotatable bonds is 4. The van der Waals surface area contributed by atoms with E-state index in [0.717, 1.165) is 45.4 Å². The molecule has 0 spiro atoms. The molecule has 1 unspecified atom stereocenters. The minimum atomic E-state index is -0.0617. The number of aromatic nitrogens is 3. The van der Waals surface area contributed by atoms with Gasteiger partial charge in [0.1, 0.15) is 0 Å². The van der Waals surface area contributed by atoms with Crippen molar-refractivity contribution in [3.05, 3.63) is 76.7 Å². The molecule has 2 heterocycles. The summed E-state index contributed by atoms with van der Waals surface area (Å²) in [4.78, 5) is 15.1. The molecule has 0 fully saturated rings. The summed E-state index contributed by atoms with van der Waals surface area (Å²) in [5, 5.41) is 8.64. The van der Waals surface area contributed by atoms with Crippen LogP contribution in [0.2, 0.25) is 0 Å². The summed E-state index contributed by atoms with van der Waals surface area (Å²) in [5.74, 6) is 0.320. The number of nitrogens with zero attached hydrogens (tertiary/aromatic N) is 1. The number of nitrogens with one attached hydrogen (secondary N) is 2. The Morgan fingerprint density at radius 3 is 2.54 bits per heavy atom. The molecule has 4 rings (SSSR count). The summed E-state index contributed by atoms with van der Waals surface area (Å²) < 4.78 is 0. The molecule has 0 saturated carbocycles. The van der Waals surface area contributed by atoms with Crippen molar-refractivity contribution in [2.24, 2.45) is 0 Å². The Hall–Kier alpha value is -3.14. The molecule has 0 radical (unpaired) electrons. The molecule has 4 aromatic rings. The van der Waals surface area contributed by atoms with Gasteiger partial charge in [-0.2, -0.15) is 5.10 Å². The zero-order chi connectivity index (χ0) is 18.1. The maximum absolute atomic E-state index is 12.1. The molecule has 26 heavy (non-hydrogen) atoms. The van der Waals surface area contributed by atoms with E-state index in [-0.39, 0.29) is 5.56 Å². The molecule has 0 aliphatic heterocycles. The number of hydrogen-bond donors (Lipinski definition) is 2. The third-order valence-electron chi connectivity index (χ3n) is 4.95. The second-order valence-corrected chi connectivity index (χ2v) is 6.70. The van der Waals surface area contributed by atoms with Crippen LogP contribution in [0.3, 0.4) is 0 Å². The monoisotopic (exact) mass is 343 g/mol. The lowest BCUT2D eigenvalue weighted by molar-refractivity contribution is 0.705. The summed E-state index contributed by atoms with van der Waals surface area (Å²) in [7, 11) is 0. The SMILES string of the molecule is CCC(C)c1cc(-c2ccc3[nH]nc(-c4ccccc4)c3c2)cc(=O)[nH]1. The predicted molar refractivity (Wildman–Crippen MR) is 106 cm³/mol. The van der Waals surface area contributed by atoms with E-state index < -0.39 is 0 Å². The van der Waals surface area contributed by atoms with Gasteiger partial charge in [-0.3, -0.25) is 9.89 Å². The molecule has 2 N–H and O–H groups in total. The fraction of sp³-hybridized carbons (Fsp3) is 0.182. The van der Waals surface area contributed by atoms with Crippen molar-refractivity contribution in [2.75, 3.05) is 0 Å². The van der Waals surface area contributed by atoms with Crippen LogP contribution in [0, 0.1) is 0 Å². The van der Waals surface area contributed by atoms with Gasteiger partial charge in [-0.1, -0.05) is 50.2 Å². The molecule has 4 heteroatoms. The molecule has 2 aromatic heterocycles. The van der Waals surface area contributed by atoms with Crippen LogP contribution in [0.4, 0.5) is 0 Å². The van der Waals surface area contributed by atoms with E-state index >= 15 is 0 Å². The Kier molecular flexibility index (Phi) is 4.17. The molecular weight excluding hydrogens is 322 g/mol. The van der Waals surface area contributed by atoms with Crippen LogP contribution >= 0.6 is 0 Å². The van der Waals surface area contributed by atoms with E-state index in [9.17, 15) is 4.79 Å². The first-order chi connectivity index (χ1) is 12.7. The van der Waals surface area contributed by atoms with Crippen LogP contribution in [0.1, 0.15) is 31.9 Å². The fourth-order valence-corrected chi connectivity index (χ4v) is 3.23. The molecular formula is C22H21N3O. The molecule has 1 atom stereocenters. The normalized spacial score (nSPS) is 12.4. The number of hydrogen-bond acceptors (Lipinski definition) is 2. The van der Waals surface area contributed by atoms with Gasteiger partial charge in [-0.15, -0.1) is 0 Å². The van der Waals surface area contributed by atoms with Crippen molar-refractivity contribution in [1.29, 1.82) is 0 Å². The summed E-state index contributed by atoms with van der Waals surface area (Å²) in [6.07, 6.45) is 0.984. The highest BCUT2D eigenvalue weighted by Crippen LogP contribution is 2.30. The second-order valence-electron chi connectivity index (χ2n) is 6.70. The minimum Gasteiger partial charge on any atom is -0.326 e. The first kappa shape index (κ1) is 16.3. The van der Waals surface area contributed by atoms with Gasteiger partial charge in [-0.25, -0.2) is 0 Å². The summed E-state index contributed by atoms with van der Waals surface area (Å²) in [5.41, 5.74) is 5.85. The standard InChI is InChI=1S/C22H21N3O/c1-3-14(2)20-12-17(13-21(26)23-20)16-9-10-19-18(11-16)22(25-24-19)15-7-5-4-6-8-15/h4-14H,3H2,1-2H3,(H,23,26)(H,24,25). The lowest BCUT2D eigenvalue weighted by Crippen LogP contribution is -2.09. The molecule has 0 aliphatic rings. The maximum atomic E-state index is 12.1. The first-order valence-electron chi connectivity index (χ1n) is 8.94. The largest absolute Gasteiger partial charge is 0.326 e. The summed E-state index contributed by atoms with van der Waals surface area (Å²) in [6.45, 7) is 4.25. The van der Waals surface area contributed by atoms with Crippen molar-refractivity contribution in [3.63, 3.8) is 0 Å². The van der Waals surface area contributed by atoms with Crippen LogP contribution in [-0.4, -0.2) is 15.2 Å². The quantitative estimate of drug-likeness (QED) is 0.541. The molecule has 0 saturated heterocycles. The van der Waals surface area contributed by atoms with E-state index in [1.807, 2.05) is 30.3 Å². The summed E-state index contributed by atoms with van der Waals surface area (Å²) in [6, 6.07) is 20.0. The highest BCUT2D eigenvalue weighted by atomic mass is 16.1. The van der Waals surface area contributed by atoms with Crippen molar-refractivity contribution in [2.45, 2.75) is 26.2 Å². The Morgan fingerprint density at radius 1 is 0.962 bits per heavy atom. The van der Waals surface area contributed by atoms with Gasteiger partial charge in [0.25, 0.3) is 0 Å². The Balaban J connectivity index is 1.86. The van der Waals surface area contributed by atoms with Gasteiger partial charge in [-0.05, 0) is 41.7 Å². The lowest BCUT2D eigenvalue weighted by Gasteiger charge is -2.11. The number of aromatic amines is 2. The van der Waals surface area contributed by atoms with Crippen LogP contribution < -0.4 is 5.56 Å². The lowest BCUT2D eigenvalue weighted by atomic mass is 9.98.